The molecule has 2 atom stereocenters. The molecule has 0 radical (unpaired) electrons. The van der Waals surface area contributed by atoms with Crippen LogP contribution in [-0.2, 0) is 19.3 Å². The van der Waals surface area contributed by atoms with E-state index in [1.165, 1.54) is 5.57 Å². The van der Waals surface area contributed by atoms with Crippen LogP contribution >= 0.6 is 0 Å². The lowest BCUT2D eigenvalue weighted by molar-refractivity contribution is 0.372. The Bertz CT molecular complexity index is 875. The van der Waals surface area contributed by atoms with Gasteiger partial charge < -0.3 is 9.52 Å². The number of phenols is 1. The Morgan fingerprint density at radius 2 is 1.96 bits per heavy atom. The van der Waals surface area contributed by atoms with E-state index < -0.39 is 0 Å². The maximum atomic E-state index is 12.5. The van der Waals surface area contributed by atoms with Crippen molar-refractivity contribution >= 4 is 11.0 Å². The molecule has 3 heteroatoms. The van der Waals surface area contributed by atoms with Crippen molar-refractivity contribution in [1.29, 1.82) is 0 Å². The maximum Gasteiger partial charge on any atom is 0.339 e. The van der Waals surface area contributed by atoms with Crippen LogP contribution in [0.4, 0.5) is 0 Å². The number of hydrogen-bond donors (Lipinski definition) is 1. The summed E-state index contributed by atoms with van der Waals surface area (Å²) in [6.45, 7) is 10.7. The van der Waals surface area contributed by atoms with Gasteiger partial charge in [-0.25, -0.2) is 4.79 Å². The minimum atomic E-state index is -0.225. The van der Waals surface area contributed by atoms with Gasteiger partial charge in [-0.15, -0.1) is 0 Å². The van der Waals surface area contributed by atoms with E-state index in [4.69, 9.17) is 4.42 Å². The summed E-state index contributed by atoms with van der Waals surface area (Å²) >= 11 is 0. The number of fused-ring (bicyclic) bond motifs is 3. The molecule has 3 rings (SSSR count). The minimum absolute atomic E-state index is 0.223. The van der Waals surface area contributed by atoms with Crippen molar-refractivity contribution in [1.82, 2.24) is 0 Å². The first-order valence-corrected chi connectivity index (χ1v) is 9.88. The molecule has 1 heterocycles. The molecule has 1 N–H and O–H groups in total. The summed E-state index contributed by atoms with van der Waals surface area (Å²) in [5.74, 6) is 1.17. The number of phenolic OH excluding ortho intramolecular Hbond substituents is 1. The Morgan fingerprint density at radius 3 is 2.62 bits per heavy atom. The van der Waals surface area contributed by atoms with Crippen LogP contribution in [0, 0.1) is 11.8 Å². The number of allylic oxidation sites excluding steroid dienone is 1. The molecule has 1 aromatic carbocycles. The Kier molecular flexibility index (Phi) is 5.55. The highest BCUT2D eigenvalue weighted by atomic mass is 16.4. The average Bonchev–Trinajstić information content (AvgIpc) is 2.63. The molecule has 0 unspecified atom stereocenters. The maximum absolute atomic E-state index is 12.5. The summed E-state index contributed by atoms with van der Waals surface area (Å²) in [5, 5.41) is 11.5. The molecule has 0 fully saturated rings. The fourth-order valence-electron chi connectivity index (χ4n) is 4.40. The largest absolute Gasteiger partial charge is 0.508 e. The van der Waals surface area contributed by atoms with E-state index in [1.807, 2.05) is 6.07 Å². The Labute approximate surface area is 155 Å². The Balaban J connectivity index is 2.03. The third kappa shape index (κ3) is 3.44. The highest BCUT2D eigenvalue weighted by Gasteiger charge is 2.22. The monoisotopic (exact) mass is 354 g/mol. The summed E-state index contributed by atoms with van der Waals surface area (Å²) in [7, 11) is 0. The third-order valence-electron chi connectivity index (χ3n) is 6.14. The SMILES string of the molecule is C=C(C)[C@H](CCc1c(O)ccc2c3c(c(=O)oc12)CCCC3)[C@H](C)CC. The Hall–Kier alpha value is -2.03. The van der Waals surface area contributed by atoms with E-state index in [0.29, 0.717) is 23.8 Å². The Morgan fingerprint density at radius 1 is 1.27 bits per heavy atom. The predicted octanol–water partition coefficient (Wildman–Crippen LogP) is 5.55. The van der Waals surface area contributed by atoms with E-state index in [2.05, 4.69) is 27.4 Å². The molecule has 3 nitrogen and oxygen atoms in total. The van der Waals surface area contributed by atoms with Crippen LogP contribution in [0.2, 0.25) is 0 Å². The van der Waals surface area contributed by atoms with E-state index in [9.17, 15) is 9.90 Å². The fourth-order valence-corrected chi connectivity index (χ4v) is 4.40. The molecular weight excluding hydrogens is 324 g/mol. The van der Waals surface area contributed by atoms with Crippen LogP contribution in [-0.4, -0.2) is 5.11 Å². The van der Waals surface area contributed by atoms with Crippen LogP contribution in [0.5, 0.6) is 5.75 Å². The van der Waals surface area contributed by atoms with Gasteiger partial charge in [0.1, 0.15) is 11.3 Å². The van der Waals surface area contributed by atoms with Gasteiger partial charge in [0.2, 0.25) is 0 Å². The second-order valence-corrected chi connectivity index (χ2v) is 7.87. The molecule has 0 saturated heterocycles. The van der Waals surface area contributed by atoms with Crippen molar-refractivity contribution in [3.8, 4) is 5.75 Å². The van der Waals surface area contributed by atoms with Gasteiger partial charge in [-0.3, -0.25) is 0 Å². The van der Waals surface area contributed by atoms with Gasteiger partial charge in [-0.1, -0.05) is 32.4 Å². The summed E-state index contributed by atoms with van der Waals surface area (Å²) in [6.07, 6.45) is 6.56. The summed E-state index contributed by atoms with van der Waals surface area (Å²) < 4.78 is 5.71. The fraction of sp³-hybridized carbons (Fsp3) is 0.522. The van der Waals surface area contributed by atoms with Gasteiger partial charge in [0.05, 0.1) is 0 Å². The van der Waals surface area contributed by atoms with Crippen molar-refractivity contribution in [3.05, 3.63) is 51.4 Å². The highest BCUT2D eigenvalue weighted by molar-refractivity contribution is 5.86. The standard InChI is InChI=1S/C23H30O3/c1-5-15(4)16(14(2)3)10-11-20-21(24)13-12-18-17-8-6-7-9-19(17)23(25)26-22(18)20/h12-13,15-16,24H,2,5-11H2,1,3-4H3/t15-,16+/m1/s1. The number of benzene rings is 1. The average molecular weight is 354 g/mol. The number of aromatic hydroxyl groups is 1. The molecule has 140 valence electrons. The van der Waals surface area contributed by atoms with Gasteiger partial charge in [0.15, 0.2) is 0 Å². The molecule has 1 aromatic heterocycles. The van der Waals surface area contributed by atoms with Crippen molar-refractivity contribution in [2.24, 2.45) is 11.8 Å². The van der Waals surface area contributed by atoms with Crippen molar-refractivity contribution < 1.29 is 9.52 Å². The number of rotatable bonds is 6. The second kappa shape index (κ2) is 7.69. The lowest BCUT2D eigenvalue weighted by atomic mass is 9.82. The number of hydrogen-bond acceptors (Lipinski definition) is 3. The molecule has 26 heavy (non-hydrogen) atoms. The van der Waals surface area contributed by atoms with Crippen LogP contribution < -0.4 is 5.63 Å². The number of aryl methyl sites for hydroxylation is 2. The molecule has 0 aliphatic heterocycles. The zero-order valence-corrected chi connectivity index (χ0v) is 16.2. The van der Waals surface area contributed by atoms with Crippen LogP contribution in [0.3, 0.4) is 0 Å². The van der Waals surface area contributed by atoms with Crippen LogP contribution in [0.25, 0.3) is 11.0 Å². The minimum Gasteiger partial charge on any atom is -0.508 e. The quantitative estimate of drug-likeness (QED) is 0.547. The summed E-state index contributed by atoms with van der Waals surface area (Å²) in [4.78, 5) is 12.5. The molecule has 1 aliphatic rings. The van der Waals surface area contributed by atoms with Gasteiger partial charge >= 0.3 is 5.63 Å². The van der Waals surface area contributed by atoms with Crippen molar-refractivity contribution in [2.75, 3.05) is 0 Å². The van der Waals surface area contributed by atoms with E-state index in [1.54, 1.807) is 6.07 Å². The van der Waals surface area contributed by atoms with E-state index >= 15 is 0 Å². The molecule has 0 amide bonds. The summed E-state index contributed by atoms with van der Waals surface area (Å²) in [5.41, 5.74) is 4.26. The highest BCUT2D eigenvalue weighted by Crippen LogP contribution is 2.35. The first-order valence-electron chi connectivity index (χ1n) is 9.88. The normalized spacial score (nSPS) is 16.3. The van der Waals surface area contributed by atoms with Gasteiger partial charge in [-0.2, -0.15) is 0 Å². The van der Waals surface area contributed by atoms with Gasteiger partial charge in [0, 0.05) is 16.5 Å². The van der Waals surface area contributed by atoms with Crippen LogP contribution in [0.1, 0.15) is 63.1 Å². The lowest BCUT2D eigenvalue weighted by Crippen LogP contribution is -2.17. The van der Waals surface area contributed by atoms with Crippen molar-refractivity contribution in [2.45, 2.75) is 65.7 Å². The molecular formula is C23H30O3. The predicted molar refractivity (Wildman–Crippen MR) is 107 cm³/mol. The van der Waals surface area contributed by atoms with Crippen LogP contribution in [0.15, 0.2) is 33.5 Å². The first-order chi connectivity index (χ1) is 12.4. The molecule has 2 aromatic rings. The smallest absolute Gasteiger partial charge is 0.339 e. The molecule has 1 aliphatic carbocycles. The molecule has 0 spiro atoms. The first kappa shape index (κ1) is 18.8. The lowest BCUT2D eigenvalue weighted by Gasteiger charge is -2.24. The van der Waals surface area contributed by atoms with E-state index in [-0.39, 0.29) is 11.4 Å². The second-order valence-electron chi connectivity index (χ2n) is 7.87. The van der Waals surface area contributed by atoms with Gasteiger partial charge in [0.25, 0.3) is 0 Å². The molecule has 0 bridgehead atoms. The van der Waals surface area contributed by atoms with E-state index in [0.717, 1.165) is 60.6 Å². The third-order valence-corrected chi connectivity index (χ3v) is 6.14. The molecule has 0 saturated carbocycles. The zero-order chi connectivity index (χ0) is 18.8. The topological polar surface area (TPSA) is 50.4 Å². The van der Waals surface area contributed by atoms with Gasteiger partial charge in [-0.05, 0) is 75.0 Å². The zero-order valence-electron chi connectivity index (χ0n) is 16.2. The summed E-state index contributed by atoms with van der Waals surface area (Å²) in [6, 6.07) is 3.66. The van der Waals surface area contributed by atoms with Crippen molar-refractivity contribution in [3.63, 3.8) is 0 Å².